The van der Waals surface area contributed by atoms with E-state index in [9.17, 15) is 0 Å². The second kappa shape index (κ2) is 4.53. The highest BCUT2D eigenvalue weighted by atomic mass is 35.5. The molecule has 1 atom stereocenters. The van der Waals surface area contributed by atoms with Gasteiger partial charge in [0.1, 0.15) is 0 Å². The maximum Gasteiger partial charge on any atom is 0.229 e. The van der Waals surface area contributed by atoms with Crippen molar-refractivity contribution in [1.29, 1.82) is 0 Å². The van der Waals surface area contributed by atoms with Gasteiger partial charge in [-0.3, -0.25) is 0 Å². The van der Waals surface area contributed by atoms with Gasteiger partial charge in [0.25, 0.3) is 0 Å². The second-order valence-electron chi connectivity index (χ2n) is 4.38. The van der Waals surface area contributed by atoms with Crippen molar-refractivity contribution < 1.29 is 4.52 Å². The molecule has 1 aromatic heterocycles. The van der Waals surface area contributed by atoms with Crippen molar-refractivity contribution in [1.82, 2.24) is 10.1 Å². The fraction of sp³-hybridized carbons (Fsp3) is 0.333. The first-order valence-corrected chi connectivity index (χ1v) is 6.45. The molecule has 0 amide bonds. The molecule has 18 heavy (non-hydrogen) atoms. The van der Waals surface area contributed by atoms with E-state index in [2.05, 4.69) is 10.1 Å². The Kier molecular flexibility index (Phi) is 3.01. The summed E-state index contributed by atoms with van der Waals surface area (Å²) >= 11 is 12.2. The number of benzene rings is 1. The van der Waals surface area contributed by atoms with Crippen LogP contribution in [0.2, 0.25) is 10.0 Å². The summed E-state index contributed by atoms with van der Waals surface area (Å²) in [4.78, 5) is 4.31. The fourth-order valence-electron chi connectivity index (χ4n) is 1.81. The predicted octanol–water partition coefficient (Wildman–Crippen LogP) is 3.30. The van der Waals surface area contributed by atoms with Gasteiger partial charge in [0.2, 0.25) is 5.89 Å². The standard InChI is InChI=1S/C12H11Cl2N3O/c13-7-2-1-3-8(14)9(7)10(15)11-16-12(18-17-11)6-4-5-6/h1-3,6,10H,4-5,15H2. The Morgan fingerprint density at radius 2 is 1.94 bits per heavy atom. The Balaban J connectivity index is 1.94. The third kappa shape index (κ3) is 2.11. The highest BCUT2D eigenvalue weighted by Gasteiger charge is 2.31. The molecule has 0 saturated heterocycles. The third-order valence-corrected chi connectivity index (χ3v) is 3.63. The normalized spacial score (nSPS) is 16.8. The van der Waals surface area contributed by atoms with Crippen molar-refractivity contribution in [2.24, 2.45) is 5.73 Å². The van der Waals surface area contributed by atoms with Gasteiger partial charge in [-0.25, -0.2) is 0 Å². The molecule has 0 spiro atoms. The molecule has 0 aliphatic heterocycles. The van der Waals surface area contributed by atoms with Crippen molar-refractivity contribution in [3.63, 3.8) is 0 Å². The number of hydrogen-bond acceptors (Lipinski definition) is 4. The smallest absolute Gasteiger partial charge is 0.229 e. The van der Waals surface area contributed by atoms with E-state index >= 15 is 0 Å². The molecule has 94 valence electrons. The first kappa shape index (κ1) is 12.0. The van der Waals surface area contributed by atoms with E-state index in [0.29, 0.717) is 33.2 Å². The van der Waals surface area contributed by atoms with Crippen LogP contribution in [0.5, 0.6) is 0 Å². The molecule has 4 nitrogen and oxygen atoms in total. The van der Waals surface area contributed by atoms with Crippen LogP contribution in [0, 0.1) is 0 Å². The molecule has 0 bridgehead atoms. The van der Waals surface area contributed by atoms with E-state index in [1.54, 1.807) is 18.2 Å². The molecular weight excluding hydrogens is 273 g/mol. The Morgan fingerprint density at radius 3 is 2.56 bits per heavy atom. The molecule has 1 saturated carbocycles. The average Bonchev–Trinajstić information content (AvgIpc) is 3.07. The number of nitrogens with zero attached hydrogens (tertiary/aromatic N) is 2. The van der Waals surface area contributed by atoms with E-state index in [4.69, 9.17) is 33.5 Å². The minimum absolute atomic E-state index is 0.403. The first-order chi connectivity index (χ1) is 8.66. The lowest BCUT2D eigenvalue weighted by molar-refractivity contribution is 0.372. The summed E-state index contributed by atoms with van der Waals surface area (Å²) in [7, 11) is 0. The summed E-state index contributed by atoms with van der Waals surface area (Å²) in [6, 6.07) is 4.68. The van der Waals surface area contributed by atoms with Crippen LogP contribution >= 0.6 is 23.2 Å². The molecule has 1 aliphatic carbocycles. The average molecular weight is 284 g/mol. The summed E-state index contributed by atoms with van der Waals surface area (Å²) in [5.74, 6) is 1.48. The Morgan fingerprint density at radius 1 is 1.28 bits per heavy atom. The minimum atomic E-state index is -0.567. The van der Waals surface area contributed by atoms with Gasteiger partial charge in [-0.1, -0.05) is 34.4 Å². The zero-order valence-corrected chi connectivity index (χ0v) is 10.9. The monoisotopic (exact) mass is 283 g/mol. The Labute approximate surface area is 114 Å². The summed E-state index contributed by atoms with van der Waals surface area (Å²) in [6.07, 6.45) is 2.20. The molecule has 2 N–H and O–H groups in total. The van der Waals surface area contributed by atoms with Crippen molar-refractivity contribution in [3.05, 3.63) is 45.5 Å². The van der Waals surface area contributed by atoms with E-state index in [-0.39, 0.29) is 0 Å². The van der Waals surface area contributed by atoms with Crippen LogP contribution in [0.3, 0.4) is 0 Å². The number of aromatic nitrogens is 2. The van der Waals surface area contributed by atoms with Gasteiger partial charge < -0.3 is 10.3 Å². The molecule has 1 unspecified atom stereocenters. The van der Waals surface area contributed by atoms with Crippen molar-refractivity contribution in [3.8, 4) is 0 Å². The van der Waals surface area contributed by atoms with Gasteiger partial charge in [-0.15, -0.1) is 0 Å². The molecule has 1 aromatic carbocycles. The number of hydrogen-bond donors (Lipinski definition) is 1. The summed E-state index contributed by atoms with van der Waals surface area (Å²) in [5.41, 5.74) is 6.73. The van der Waals surface area contributed by atoms with Gasteiger partial charge in [0.05, 0.1) is 6.04 Å². The van der Waals surface area contributed by atoms with Crippen LogP contribution in [0.25, 0.3) is 0 Å². The van der Waals surface area contributed by atoms with Crippen LogP contribution in [0.4, 0.5) is 0 Å². The van der Waals surface area contributed by atoms with Gasteiger partial charge in [0.15, 0.2) is 5.82 Å². The Bertz CT molecular complexity index is 560. The van der Waals surface area contributed by atoms with Crippen molar-refractivity contribution in [2.75, 3.05) is 0 Å². The number of nitrogens with two attached hydrogens (primary N) is 1. The fourth-order valence-corrected chi connectivity index (χ4v) is 2.44. The highest BCUT2D eigenvalue weighted by molar-refractivity contribution is 6.36. The quantitative estimate of drug-likeness (QED) is 0.939. The molecule has 3 rings (SSSR count). The first-order valence-electron chi connectivity index (χ1n) is 5.70. The van der Waals surface area contributed by atoms with Crippen molar-refractivity contribution >= 4 is 23.2 Å². The molecule has 1 heterocycles. The maximum absolute atomic E-state index is 6.11. The van der Waals surface area contributed by atoms with E-state index in [1.165, 1.54) is 0 Å². The number of halogens is 2. The second-order valence-corrected chi connectivity index (χ2v) is 5.19. The van der Waals surface area contributed by atoms with E-state index in [0.717, 1.165) is 12.8 Å². The van der Waals surface area contributed by atoms with E-state index in [1.807, 2.05) is 0 Å². The lowest BCUT2D eigenvalue weighted by Crippen LogP contribution is -2.14. The number of rotatable bonds is 3. The lowest BCUT2D eigenvalue weighted by Gasteiger charge is -2.11. The van der Waals surface area contributed by atoms with Crippen LogP contribution < -0.4 is 5.73 Å². The van der Waals surface area contributed by atoms with E-state index < -0.39 is 6.04 Å². The summed E-state index contributed by atoms with van der Waals surface area (Å²) in [5, 5.41) is 4.92. The van der Waals surface area contributed by atoms with Gasteiger partial charge in [-0.2, -0.15) is 4.98 Å². The minimum Gasteiger partial charge on any atom is -0.339 e. The molecule has 1 aliphatic rings. The van der Waals surface area contributed by atoms with Crippen molar-refractivity contribution in [2.45, 2.75) is 24.8 Å². The Hall–Kier alpha value is -1.10. The summed E-state index contributed by atoms with van der Waals surface area (Å²) in [6.45, 7) is 0. The third-order valence-electron chi connectivity index (χ3n) is 2.97. The van der Waals surface area contributed by atoms with Crippen LogP contribution in [0.1, 0.15) is 42.1 Å². The maximum atomic E-state index is 6.11. The largest absolute Gasteiger partial charge is 0.339 e. The SMILES string of the molecule is NC(c1noc(C2CC2)n1)c1c(Cl)cccc1Cl. The zero-order valence-electron chi connectivity index (χ0n) is 9.44. The van der Waals surface area contributed by atoms with Crippen LogP contribution in [0.15, 0.2) is 22.7 Å². The molecule has 0 radical (unpaired) electrons. The van der Waals surface area contributed by atoms with Crippen LogP contribution in [-0.2, 0) is 0 Å². The zero-order chi connectivity index (χ0) is 12.7. The molecule has 1 fully saturated rings. The molecule has 2 aromatic rings. The molecular formula is C12H11Cl2N3O. The van der Waals surface area contributed by atoms with Gasteiger partial charge in [-0.05, 0) is 25.0 Å². The van der Waals surface area contributed by atoms with Gasteiger partial charge in [0, 0.05) is 21.5 Å². The topological polar surface area (TPSA) is 64.9 Å². The summed E-state index contributed by atoms with van der Waals surface area (Å²) < 4.78 is 5.18. The van der Waals surface area contributed by atoms with Gasteiger partial charge >= 0.3 is 0 Å². The lowest BCUT2D eigenvalue weighted by atomic mass is 10.1. The van der Waals surface area contributed by atoms with Crippen LogP contribution in [-0.4, -0.2) is 10.1 Å². The predicted molar refractivity (Wildman–Crippen MR) is 68.8 cm³/mol. The molecule has 6 heteroatoms. The highest BCUT2D eigenvalue weighted by Crippen LogP contribution is 2.39.